The van der Waals surface area contributed by atoms with Crippen LogP contribution >= 0.6 is 23.2 Å². The van der Waals surface area contributed by atoms with E-state index in [9.17, 15) is 0 Å². The molecule has 3 atom stereocenters. The molecule has 1 saturated carbocycles. The molecule has 0 amide bonds. The summed E-state index contributed by atoms with van der Waals surface area (Å²) in [5.74, 6) is 2.23. The SMILES string of the molecule is C=C1N(c2ccc(N3CCN(c4ccc(CC[C@@H]5CCC(c6ccc(Cl)cc6Cl)C5)cc4CC)CC3)cc2)C=NN1C(C)CC. The van der Waals surface area contributed by atoms with Crippen molar-refractivity contribution in [3.8, 4) is 0 Å². The lowest BCUT2D eigenvalue weighted by atomic mass is 9.93. The average molecular weight is 645 g/mol. The van der Waals surface area contributed by atoms with Gasteiger partial charge in [-0.2, -0.15) is 5.10 Å². The van der Waals surface area contributed by atoms with E-state index in [4.69, 9.17) is 23.2 Å². The fourth-order valence-corrected chi connectivity index (χ4v) is 7.91. The van der Waals surface area contributed by atoms with Crippen LogP contribution in [0.15, 0.2) is 78.2 Å². The van der Waals surface area contributed by atoms with Crippen molar-refractivity contribution in [2.24, 2.45) is 11.0 Å². The zero-order valence-corrected chi connectivity index (χ0v) is 28.6. The van der Waals surface area contributed by atoms with Crippen LogP contribution in [0.2, 0.25) is 10.0 Å². The Balaban J connectivity index is 1.01. The third-order valence-corrected chi connectivity index (χ3v) is 10.8. The van der Waals surface area contributed by atoms with Gasteiger partial charge in [-0.1, -0.05) is 61.8 Å². The van der Waals surface area contributed by atoms with E-state index in [1.807, 2.05) is 23.5 Å². The Morgan fingerprint density at radius 1 is 0.889 bits per heavy atom. The molecule has 0 bridgehead atoms. The molecule has 0 spiro atoms. The van der Waals surface area contributed by atoms with Gasteiger partial charge in [0.2, 0.25) is 0 Å². The van der Waals surface area contributed by atoms with Gasteiger partial charge in [0, 0.05) is 53.3 Å². The maximum absolute atomic E-state index is 6.53. The van der Waals surface area contributed by atoms with Crippen molar-refractivity contribution in [3.05, 3.63) is 99.8 Å². The van der Waals surface area contributed by atoms with Crippen LogP contribution in [0.1, 0.15) is 75.5 Å². The second-order valence-corrected chi connectivity index (χ2v) is 13.9. The quantitative estimate of drug-likeness (QED) is 0.220. The van der Waals surface area contributed by atoms with Gasteiger partial charge in [0.05, 0.1) is 6.04 Å². The molecule has 0 radical (unpaired) electrons. The van der Waals surface area contributed by atoms with Crippen LogP contribution in [0.5, 0.6) is 0 Å². The maximum Gasteiger partial charge on any atom is 0.128 e. The minimum atomic E-state index is 0.338. The van der Waals surface area contributed by atoms with Crippen molar-refractivity contribution in [1.82, 2.24) is 5.01 Å². The lowest BCUT2D eigenvalue weighted by Crippen LogP contribution is -2.46. The zero-order chi connectivity index (χ0) is 31.5. The predicted molar refractivity (Wildman–Crippen MR) is 193 cm³/mol. The van der Waals surface area contributed by atoms with Crippen LogP contribution in [0.3, 0.4) is 0 Å². The maximum atomic E-state index is 6.53. The fraction of sp³-hybridized carbons (Fsp3) is 0.447. The molecule has 6 rings (SSSR count). The van der Waals surface area contributed by atoms with Gasteiger partial charge in [0.25, 0.3) is 0 Å². The summed E-state index contributed by atoms with van der Waals surface area (Å²) in [4.78, 5) is 7.16. The molecule has 3 aromatic carbocycles. The van der Waals surface area contributed by atoms with Crippen molar-refractivity contribution in [1.29, 1.82) is 0 Å². The molecule has 3 aromatic rings. The second kappa shape index (κ2) is 14.1. The van der Waals surface area contributed by atoms with Gasteiger partial charge in [0.15, 0.2) is 0 Å². The lowest BCUT2D eigenvalue weighted by Gasteiger charge is -2.38. The van der Waals surface area contributed by atoms with Crippen molar-refractivity contribution in [3.63, 3.8) is 0 Å². The number of benzene rings is 3. The van der Waals surface area contributed by atoms with Crippen molar-refractivity contribution >= 4 is 46.6 Å². The Morgan fingerprint density at radius 2 is 1.62 bits per heavy atom. The highest BCUT2D eigenvalue weighted by atomic mass is 35.5. The number of halogens is 2. The predicted octanol–water partition coefficient (Wildman–Crippen LogP) is 9.73. The number of nitrogens with zero attached hydrogens (tertiary/aromatic N) is 5. The third-order valence-electron chi connectivity index (χ3n) is 10.3. The van der Waals surface area contributed by atoms with Crippen molar-refractivity contribution in [2.75, 3.05) is 40.9 Å². The molecular weight excluding hydrogens is 597 g/mol. The number of rotatable bonds is 10. The van der Waals surface area contributed by atoms with Crippen LogP contribution < -0.4 is 14.7 Å². The topological polar surface area (TPSA) is 25.3 Å². The van der Waals surface area contributed by atoms with Gasteiger partial charge >= 0.3 is 0 Å². The van der Waals surface area contributed by atoms with Crippen LogP contribution in [-0.4, -0.2) is 43.6 Å². The van der Waals surface area contributed by atoms with Crippen LogP contribution in [0.4, 0.5) is 17.1 Å². The van der Waals surface area contributed by atoms with E-state index in [0.29, 0.717) is 12.0 Å². The fourth-order valence-electron chi connectivity index (χ4n) is 7.35. The molecule has 1 aliphatic carbocycles. The monoisotopic (exact) mass is 643 g/mol. The molecule has 0 N–H and O–H groups in total. The Labute approximate surface area is 280 Å². The van der Waals surface area contributed by atoms with Crippen LogP contribution in [-0.2, 0) is 12.8 Å². The Morgan fingerprint density at radius 3 is 2.33 bits per heavy atom. The van der Waals surface area contributed by atoms with E-state index >= 15 is 0 Å². The first-order chi connectivity index (χ1) is 21.8. The minimum Gasteiger partial charge on any atom is -0.368 e. The molecule has 2 unspecified atom stereocenters. The van der Waals surface area contributed by atoms with Crippen LogP contribution in [0.25, 0.3) is 0 Å². The zero-order valence-electron chi connectivity index (χ0n) is 27.1. The van der Waals surface area contributed by atoms with Gasteiger partial charge in [-0.25, -0.2) is 5.01 Å². The van der Waals surface area contributed by atoms with E-state index in [1.54, 1.807) is 0 Å². The summed E-state index contributed by atoms with van der Waals surface area (Å²) in [5, 5.41) is 8.12. The summed E-state index contributed by atoms with van der Waals surface area (Å²) in [6, 6.07) is 22.4. The summed E-state index contributed by atoms with van der Waals surface area (Å²) < 4.78 is 0. The smallest absolute Gasteiger partial charge is 0.128 e. The van der Waals surface area contributed by atoms with Gasteiger partial charge in [-0.3, -0.25) is 4.90 Å². The van der Waals surface area contributed by atoms with Gasteiger partial charge in [-0.15, -0.1) is 0 Å². The second-order valence-electron chi connectivity index (χ2n) is 13.0. The van der Waals surface area contributed by atoms with Gasteiger partial charge < -0.3 is 9.80 Å². The average Bonchev–Trinajstić information content (AvgIpc) is 3.70. The molecular formula is C38H47Cl2N5. The highest BCUT2D eigenvalue weighted by Crippen LogP contribution is 2.43. The number of aryl methyl sites for hydroxylation is 2. The van der Waals surface area contributed by atoms with Gasteiger partial charge in [-0.05, 0) is 123 Å². The molecule has 5 nitrogen and oxygen atoms in total. The molecule has 3 aliphatic rings. The van der Waals surface area contributed by atoms with E-state index in [-0.39, 0.29) is 0 Å². The minimum absolute atomic E-state index is 0.338. The molecule has 7 heteroatoms. The number of piperazine rings is 1. The van der Waals surface area contributed by atoms with Crippen LogP contribution in [0, 0.1) is 5.92 Å². The van der Waals surface area contributed by atoms with E-state index < -0.39 is 0 Å². The third kappa shape index (κ3) is 7.00. The summed E-state index contributed by atoms with van der Waals surface area (Å²) in [5.41, 5.74) is 8.00. The molecule has 238 valence electrons. The van der Waals surface area contributed by atoms with E-state index in [1.165, 1.54) is 53.7 Å². The lowest BCUT2D eigenvalue weighted by molar-refractivity contribution is 0.286. The number of hydrogen-bond donors (Lipinski definition) is 0. The first-order valence-electron chi connectivity index (χ1n) is 16.8. The molecule has 2 fully saturated rings. The summed E-state index contributed by atoms with van der Waals surface area (Å²) in [6.45, 7) is 15.0. The Hall–Kier alpha value is -3.15. The largest absolute Gasteiger partial charge is 0.368 e. The van der Waals surface area contributed by atoms with Crippen molar-refractivity contribution in [2.45, 2.75) is 77.7 Å². The molecule has 0 aromatic heterocycles. The van der Waals surface area contributed by atoms with E-state index in [0.717, 1.165) is 72.9 Å². The normalized spacial score (nSPS) is 20.9. The molecule has 45 heavy (non-hydrogen) atoms. The first kappa shape index (κ1) is 31.8. The van der Waals surface area contributed by atoms with Gasteiger partial charge in [0.1, 0.15) is 12.2 Å². The number of hydrogen-bond acceptors (Lipinski definition) is 5. The van der Waals surface area contributed by atoms with Crippen molar-refractivity contribution < 1.29 is 0 Å². The molecule has 2 heterocycles. The number of anilines is 3. The Kier molecular flexibility index (Phi) is 9.96. The highest BCUT2D eigenvalue weighted by molar-refractivity contribution is 6.35. The number of hydrazone groups is 1. The molecule has 1 saturated heterocycles. The molecule has 2 aliphatic heterocycles. The Bertz CT molecular complexity index is 1510. The highest BCUT2D eigenvalue weighted by Gasteiger charge is 2.28. The summed E-state index contributed by atoms with van der Waals surface area (Å²) in [7, 11) is 0. The summed E-state index contributed by atoms with van der Waals surface area (Å²) in [6.07, 6.45) is 10.1. The first-order valence-corrected chi connectivity index (χ1v) is 17.6. The van der Waals surface area contributed by atoms with E-state index in [2.05, 4.69) is 95.7 Å². The summed E-state index contributed by atoms with van der Waals surface area (Å²) >= 11 is 12.7. The standard InChI is InChI=1S/C38H47Cl2N5/c1-5-27(3)45-28(4)44(26-41-45)35-15-13-34(14-16-35)42-19-21-43(22-20-42)38-18-10-30(23-31(38)6-2)8-7-29-9-11-32(24-29)36-17-12-33(39)25-37(36)40/h10,12-18,23,25-27,29,32H,4-9,11,19-22,24H2,1-3H3/t27?,29-,32?/m1/s1.